The molecule has 1 aromatic rings. The highest BCUT2D eigenvalue weighted by molar-refractivity contribution is 7.91. The van der Waals surface area contributed by atoms with Crippen LogP contribution in [0.25, 0.3) is 0 Å². The quantitative estimate of drug-likeness (QED) is 0.733. The molecular formula is C14H17NO7S2. The summed E-state index contributed by atoms with van der Waals surface area (Å²) in [6, 6.07) is 1.54. The Labute approximate surface area is 143 Å². The second kappa shape index (κ2) is 7.75. The van der Waals surface area contributed by atoms with Gasteiger partial charge in [0.25, 0.3) is 5.91 Å². The van der Waals surface area contributed by atoms with Crippen LogP contribution in [0.4, 0.5) is 5.69 Å². The number of ether oxygens (including phenoxy) is 2. The van der Waals surface area contributed by atoms with Gasteiger partial charge in [0, 0.05) is 6.42 Å². The number of anilines is 1. The van der Waals surface area contributed by atoms with Gasteiger partial charge in [-0.25, -0.2) is 13.2 Å². The Kier molecular flexibility index (Phi) is 5.94. The van der Waals surface area contributed by atoms with Gasteiger partial charge in [-0.3, -0.25) is 9.59 Å². The number of carbonyl (C=O) groups excluding carboxylic acids is 3. The van der Waals surface area contributed by atoms with Crippen molar-refractivity contribution in [1.82, 2.24) is 0 Å². The third-order valence-corrected chi connectivity index (χ3v) is 6.19. The third-order valence-electron chi connectivity index (χ3n) is 3.46. The lowest BCUT2D eigenvalue weighted by atomic mass is 10.1. The van der Waals surface area contributed by atoms with Gasteiger partial charge in [-0.1, -0.05) is 0 Å². The number of hydrogen-bond donors (Lipinski definition) is 1. The first-order valence-electron chi connectivity index (χ1n) is 7.12. The number of rotatable bonds is 6. The van der Waals surface area contributed by atoms with Gasteiger partial charge in [-0.2, -0.15) is 0 Å². The molecule has 0 aliphatic carbocycles. The molecule has 1 unspecified atom stereocenters. The van der Waals surface area contributed by atoms with E-state index < -0.39 is 34.3 Å². The topological polar surface area (TPSA) is 116 Å². The van der Waals surface area contributed by atoms with Crippen LogP contribution in [0.3, 0.4) is 0 Å². The first-order chi connectivity index (χ1) is 11.3. The summed E-state index contributed by atoms with van der Waals surface area (Å²) in [5.74, 6) is -1.98. The minimum absolute atomic E-state index is 0.0221. The molecule has 24 heavy (non-hydrogen) atoms. The normalized spacial score (nSPS) is 18.8. The van der Waals surface area contributed by atoms with Crippen LogP contribution in [-0.2, 0) is 28.9 Å². The highest BCUT2D eigenvalue weighted by Gasteiger charge is 2.30. The second-order valence-corrected chi connectivity index (χ2v) is 8.48. The number of amides is 1. The van der Waals surface area contributed by atoms with Crippen molar-refractivity contribution in [2.75, 3.05) is 30.5 Å². The van der Waals surface area contributed by atoms with Gasteiger partial charge in [0.15, 0.2) is 16.4 Å². The lowest BCUT2D eigenvalue weighted by Gasteiger charge is -2.09. The molecule has 1 N–H and O–H groups in total. The van der Waals surface area contributed by atoms with Crippen LogP contribution in [0.15, 0.2) is 11.4 Å². The Morgan fingerprint density at radius 2 is 2.12 bits per heavy atom. The minimum atomic E-state index is -3.05. The molecule has 10 heteroatoms. The Bertz CT molecular complexity index is 738. The monoisotopic (exact) mass is 375 g/mol. The second-order valence-electron chi connectivity index (χ2n) is 5.34. The van der Waals surface area contributed by atoms with Crippen LogP contribution in [0.2, 0.25) is 0 Å². The average Bonchev–Trinajstić information content (AvgIpc) is 3.10. The number of esters is 2. The van der Waals surface area contributed by atoms with E-state index in [0.29, 0.717) is 6.42 Å². The summed E-state index contributed by atoms with van der Waals surface area (Å²) in [5, 5.41) is 4.08. The van der Waals surface area contributed by atoms with E-state index in [9.17, 15) is 22.8 Å². The predicted molar refractivity (Wildman–Crippen MR) is 86.6 cm³/mol. The Hall–Kier alpha value is -1.94. The van der Waals surface area contributed by atoms with Crippen LogP contribution in [0.1, 0.15) is 22.5 Å². The van der Waals surface area contributed by atoms with Crippen molar-refractivity contribution in [2.45, 2.75) is 12.8 Å². The van der Waals surface area contributed by atoms with Crippen molar-refractivity contribution in [2.24, 2.45) is 5.92 Å². The largest absolute Gasteiger partial charge is 0.465 e. The first-order valence-corrected chi connectivity index (χ1v) is 9.82. The summed E-state index contributed by atoms with van der Waals surface area (Å²) < 4.78 is 32.1. The summed E-state index contributed by atoms with van der Waals surface area (Å²) in [6.45, 7) is -0.505. The summed E-state index contributed by atoms with van der Waals surface area (Å²) in [7, 11) is -1.82. The molecule has 1 amide bonds. The molecular weight excluding hydrogens is 358 g/mol. The van der Waals surface area contributed by atoms with E-state index in [2.05, 4.69) is 10.1 Å². The van der Waals surface area contributed by atoms with Crippen LogP contribution < -0.4 is 5.32 Å². The molecule has 1 aliphatic rings. The SMILES string of the molecule is COC(=O)c1sccc1NC(=O)COC(=O)CC1CCS(=O)(=O)C1. The Morgan fingerprint density at radius 3 is 2.75 bits per heavy atom. The van der Waals surface area contributed by atoms with Crippen molar-refractivity contribution in [3.05, 3.63) is 16.3 Å². The van der Waals surface area contributed by atoms with Crippen LogP contribution in [-0.4, -0.2) is 51.5 Å². The fourth-order valence-electron chi connectivity index (χ4n) is 2.32. The van der Waals surface area contributed by atoms with Crippen LogP contribution in [0, 0.1) is 5.92 Å². The number of sulfone groups is 1. The van der Waals surface area contributed by atoms with E-state index in [-0.39, 0.29) is 34.4 Å². The molecule has 2 heterocycles. The molecule has 0 aromatic carbocycles. The Balaban J connectivity index is 1.78. The molecule has 0 bridgehead atoms. The van der Waals surface area contributed by atoms with E-state index in [1.54, 1.807) is 11.4 Å². The van der Waals surface area contributed by atoms with Gasteiger partial charge in [-0.05, 0) is 23.8 Å². The van der Waals surface area contributed by atoms with E-state index in [0.717, 1.165) is 11.3 Å². The maximum absolute atomic E-state index is 11.8. The van der Waals surface area contributed by atoms with Gasteiger partial charge in [0.2, 0.25) is 0 Å². The molecule has 1 aromatic heterocycles. The number of carbonyl (C=O) groups is 3. The van der Waals surface area contributed by atoms with Crippen molar-refractivity contribution >= 4 is 44.7 Å². The molecule has 0 saturated carbocycles. The molecule has 0 radical (unpaired) electrons. The summed E-state index contributed by atoms with van der Waals surface area (Å²) in [6.07, 6.45) is 0.402. The van der Waals surface area contributed by atoms with E-state index in [4.69, 9.17) is 4.74 Å². The molecule has 0 spiro atoms. The lowest BCUT2D eigenvalue weighted by Crippen LogP contribution is -2.22. The third kappa shape index (κ3) is 5.03. The Morgan fingerprint density at radius 1 is 1.38 bits per heavy atom. The highest BCUT2D eigenvalue weighted by atomic mass is 32.2. The van der Waals surface area contributed by atoms with Crippen LogP contribution >= 0.6 is 11.3 Å². The van der Waals surface area contributed by atoms with Crippen molar-refractivity contribution in [3.8, 4) is 0 Å². The van der Waals surface area contributed by atoms with Gasteiger partial charge in [0.05, 0.1) is 24.3 Å². The minimum Gasteiger partial charge on any atom is -0.465 e. The molecule has 1 atom stereocenters. The standard InChI is InChI=1S/C14H17NO7S2/c1-21-14(18)13-10(2-4-23-13)15-11(16)7-22-12(17)6-9-3-5-24(19,20)8-9/h2,4,9H,3,5-8H2,1H3,(H,15,16). The highest BCUT2D eigenvalue weighted by Crippen LogP contribution is 2.23. The molecule has 1 aliphatic heterocycles. The lowest BCUT2D eigenvalue weighted by molar-refractivity contribution is -0.148. The van der Waals surface area contributed by atoms with E-state index >= 15 is 0 Å². The van der Waals surface area contributed by atoms with Gasteiger partial charge < -0.3 is 14.8 Å². The number of methoxy groups -OCH3 is 1. The summed E-state index contributed by atoms with van der Waals surface area (Å²) >= 11 is 1.12. The number of hydrogen-bond acceptors (Lipinski definition) is 8. The van der Waals surface area contributed by atoms with Crippen molar-refractivity contribution in [3.63, 3.8) is 0 Å². The first kappa shape index (κ1) is 18.4. The zero-order valence-corrected chi connectivity index (χ0v) is 14.6. The van der Waals surface area contributed by atoms with E-state index in [1.807, 2.05) is 0 Å². The zero-order valence-electron chi connectivity index (χ0n) is 12.9. The molecule has 132 valence electrons. The molecule has 8 nitrogen and oxygen atoms in total. The summed E-state index contributed by atoms with van der Waals surface area (Å²) in [5.41, 5.74) is 0.287. The maximum atomic E-state index is 11.8. The van der Waals surface area contributed by atoms with Gasteiger partial charge in [-0.15, -0.1) is 11.3 Å². The zero-order chi connectivity index (χ0) is 17.7. The average molecular weight is 375 g/mol. The fourth-order valence-corrected chi connectivity index (χ4v) is 4.95. The van der Waals surface area contributed by atoms with Crippen molar-refractivity contribution in [1.29, 1.82) is 0 Å². The van der Waals surface area contributed by atoms with E-state index in [1.165, 1.54) is 7.11 Å². The number of thiophene rings is 1. The molecule has 1 saturated heterocycles. The fraction of sp³-hybridized carbons (Fsp3) is 0.500. The summed E-state index contributed by atoms with van der Waals surface area (Å²) in [4.78, 5) is 35.2. The molecule has 2 rings (SSSR count). The number of nitrogens with one attached hydrogen (secondary N) is 1. The van der Waals surface area contributed by atoms with Gasteiger partial charge >= 0.3 is 11.9 Å². The smallest absolute Gasteiger partial charge is 0.350 e. The van der Waals surface area contributed by atoms with Crippen molar-refractivity contribution < 1.29 is 32.3 Å². The van der Waals surface area contributed by atoms with Gasteiger partial charge in [0.1, 0.15) is 4.88 Å². The molecule has 1 fully saturated rings. The van der Waals surface area contributed by atoms with Crippen LogP contribution in [0.5, 0.6) is 0 Å². The maximum Gasteiger partial charge on any atom is 0.350 e. The predicted octanol–water partition coefficient (Wildman–Crippen LogP) is 0.841.